The summed E-state index contributed by atoms with van der Waals surface area (Å²) in [5.41, 5.74) is 3.62. The standard InChI is InChI=1S/C19H18N4O2S/c1-23(26(2,24)25)16-9-7-14(8-10-16)12-22-19-15(11-20)13-21-18-6-4-3-5-17(18)19/h3-10,13H,12H2,1-2H3,(H,21,22). The van der Waals surface area contributed by atoms with Crippen molar-refractivity contribution < 1.29 is 8.42 Å². The Morgan fingerprint density at radius 1 is 1.15 bits per heavy atom. The maximum absolute atomic E-state index is 11.6. The highest BCUT2D eigenvalue weighted by Gasteiger charge is 2.12. The molecule has 0 aliphatic heterocycles. The number of anilines is 2. The van der Waals surface area contributed by atoms with Crippen LogP contribution in [0.15, 0.2) is 54.7 Å². The molecule has 0 atom stereocenters. The Bertz CT molecular complexity index is 1090. The summed E-state index contributed by atoms with van der Waals surface area (Å²) in [4.78, 5) is 4.30. The fourth-order valence-corrected chi connectivity index (χ4v) is 3.13. The minimum absolute atomic E-state index is 0.483. The van der Waals surface area contributed by atoms with Gasteiger partial charge in [-0.05, 0) is 23.8 Å². The molecule has 2 aromatic carbocycles. The first kappa shape index (κ1) is 17.7. The highest BCUT2D eigenvalue weighted by molar-refractivity contribution is 7.92. The Labute approximate surface area is 152 Å². The smallest absolute Gasteiger partial charge is 0.231 e. The molecule has 0 amide bonds. The van der Waals surface area contributed by atoms with Gasteiger partial charge in [-0.15, -0.1) is 0 Å². The largest absolute Gasteiger partial charge is 0.379 e. The highest BCUT2D eigenvalue weighted by atomic mass is 32.2. The minimum Gasteiger partial charge on any atom is -0.379 e. The molecule has 0 bridgehead atoms. The Morgan fingerprint density at radius 2 is 1.85 bits per heavy atom. The summed E-state index contributed by atoms with van der Waals surface area (Å²) in [5, 5.41) is 13.6. The first-order valence-electron chi connectivity index (χ1n) is 7.94. The first-order valence-corrected chi connectivity index (χ1v) is 9.79. The van der Waals surface area contributed by atoms with Crippen LogP contribution in [-0.2, 0) is 16.6 Å². The first-order chi connectivity index (χ1) is 12.4. The molecule has 0 spiro atoms. The van der Waals surface area contributed by atoms with Crippen LogP contribution in [0.2, 0.25) is 0 Å². The molecule has 0 fully saturated rings. The van der Waals surface area contributed by atoms with Gasteiger partial charge in [0.05, 0.1) is 28.7 Å². The number of aromatic nitrogens is 1. The SMILES string of the molecule is CN(c1ccc(CNc2c(C#N)cnc3ccccc23)cc1)S(C)(=O)=O. The molecule has 1 heterocycles. The van der Waals surface area contributed by atoms with E-state index in [9.17, 15) is 13.7 Å². The number of nitrogens with one attached hydrogen (secondary N) is 1. The average Bonchev–Trinajstić information content (AvgIpc) is 2.65. The van der Waals surface area contributed by atoms with Crippen LogP contribution < -0.4 is 9.62 Å². The second-order valence-electron chi connectivity index (χ2n) is 5.93. The van der Waals surface area contributed by atoms with Gasteiger partial charge in [-0.25, -0.2) is 8.42 Å². The maximum Gasteiger partial charge on any atom is 0.231 e. The van der Waals surface area contributed by atoms with E-state index in [0.717, 1.165) is 22.2 Å². The molecule has 0 aliphatic carbocycles. The van der Waals surface area contributed by atoms with Gasteiger partial charge in [0.25, 0.3) is 0 Å². The molecule has 0 aliphatic rings. The van der Waals surface area contributed by atoms with Crippen LogP contribution in [0.5, 0.6) is 0 Å². The number of nitriles is 1. The third kappa shape index (κ3) is 3.60. The van der Waals surface area contributed by atoms with Crippen LogP contribution in [0.1, 0.15) is 11.1 Å². The topological polar surface area (TPSA) is 86.1 Å². The lowest BCUT2D eigenvalue weighted by Crippen LogP contribution is -2.24. The van der Waals surface area contributed by atoms with E-state index in [0.29, 0.717) is 17.8 Å². The van der Waals surface area contributed by atoms with Gasteiger partial charge in [0.1, 0.15) is 6.07 Å². The van der Waals surface area contributed by atoms with Crippen LogP contribution in [-0.4, -0.2) is 26.7 Å². The van der Waals surface area contributed by atoms with Gasteiger partial charge in [-0.3, -0.25) is 9.29 Å². The Morgan fingerprint density at radius 3 is 2.50 bits per heavy atom. The fourth-order valence-electron chi connectivity index (χ4n) is 2.62. The summed E-state index contributed by atoms with van der Waals surface area (Å²) >= 11 is 0. The van der Waals surface area contributed by atoms with Gasteiger partial charge in [-0.2, -0.15) is 5.26 Å². The van der Waals surface area contributed by atoms with Crippen molar-refractivity contribution in [3.8, 4) is 6.07 Å². The summed E-state index contributed by atoms with van der Waals surface area (Å²) in [6, 6.07) is 17.0. The van der Waals surface area contributed by atoms with Crippen molar-refractivity contribution in [3.05, 3.63) is 65.9 Å². The predicted molar refractivity (Wildman–Crippen MR) is 103 cm³/mol. The van der Waals surface area contributed by atoms with E-state index in [2.05, 4.69) is 16.4 Å². The average molecular weight is 366 g/mol. The van der Waals surface area contributed by atoms with Crippen LogP contribution in [0, 0.1) is 11.3 Å². The maximum atomic E-state index is 11.6. The Balaban J connectivity index is 1.84. The third-order valence-corrected chi connectivity index (χ3v) is 5.37. The zero-order valence-corrected chi connectivity index (χ0v) is 15.3. The van der Waals surface area contributed by atoms with Crippen molar-refractivity contribution in [2.75, 3.05) is 22.9 Å². The summed E-state index contributed by atoms with van der Waals surface area (Å²) in [7, 11) is -1.76. The molecule has 26 heavy (non-hydrogen) atoms. The molecule has 3 aromatic rings. The molecule has 7 heteroatoms. The summed E-state index contributed by atoms with van der Waals surface area (Å²) in [6.07, 6.45) is 2.73. The second kappa shape index (κ2) is 7.02. The quantitative estimate of drug-likeness (QED) is 0.750. The number of benzene rings is 2. The van der Waals surface area contributed by atoms with Crippen molar-refractivity contribution in [2.24, 2.45) is 0 Å². The van der Waals surface area contributed by atoms with Crippen LogP contribution in [0.3, 0.4) is 0 Å². The van der Waals surface area contributed by atoms with E-state index in [-0.39, 0.29) is 0 Å². The monoisotopic (exact) mass is 366 g/mol. The van der Waals surface area contributed by atoms with Crippen molar-refractivity contribution in [1.82, 2.24) is 4.98 Å². The van der Waals surface area contributed by atoms with Gasteiger partial charge in [0.15, 0.2) is 0 Å². The zero-order valence-electron chi connectivity index (χ0n) is 14.5. The van der Waals surface area contributed by atoms with Gasteiger partial charge in [0.2, 0.25) is 10.0 Å². The lowest BCUT2D eigenvalue weighted by atomic mass is 10.1. The van der Waals surface area contributed by atoms with Crippen LogP contribution >= 0.6 is 0 Å². The molecule has 6 nitrogen and oxygen atoms in total. The number of pyridine rings is 1. The summed E-state index contributed by atoms with van der Waals surface area (Å²) < 4.78 is 24.4. The Kier molecular flexibility index (Phi) is 4.78. The van der Waals surface area contributed by atoms with Crippen molar-refractivity contribution in [3.63, 3.8) is 0 Å². The third-order valence-electron chi connectivity index (χ3n) is 4.16. The van der Waals surface area contributed by atoms with E-state index >= 15 is 0 Å². The van der Waals surface area contributed by atoms with E-state index < -0.39 is 10.0 Å². The molecule has 0 unspecified atom stereocenters. The van der Waals surface area contributed by atoms with E-state index in [1.807, 2.05) is 36.4 Å². The van der Waals surface area contributed by atoms with E-state index in [1.165, 1.54) is 17.6 Å². The van der Waals surface area contributed by atoms with Gasteiger partial charge < -0.3 is 5.32 Å². The lowest BCUT2D eigenvalue weighted by Gasteiger charge is -2.17. The minimum atomic E-state index is -3.28. The summed E-state index contributed by atoms with van der Waals surface area (Å²) in [5.74, 6) is 0. The zero-order chi connectivity index (χ0) is 18.7. The number of hydrogen-bond acceptors (Lipinski definition) is 5. The van der Waals surface area contributed by atoms with Gasteiger partial charge in [-0.1, -0.05) is 30.3 Å². The van der Waals surface area contributed by atoms with Crippen molar-refractivity contribution in [2.45, 2.75) is 6.54 Å². The normalized spacial score (nSPS) is 11.1. The van der Waals surface area contributed by atoms with Crippen molar-refractivity contribution in [1.29, 1.82) is 5.26 Å². The molecule has 3 rings (SSSR count). The van der Waals surface area contributed by atoms with Gasteiger partial charge in [0, 0.05) is 25.2 Å². The number of nitrogens with zero attached hydrogens (tertiary/aromatic N) is 3. The molecule has 0 saturated carbocycles. The summed E-state index contributed by atoms with van der Waals surface area (Å²) in [6.45, 7) is 0.506. The molecule has 1 N–H and O–H groups in total. The number of sulfonamides is 1. The molecule has 1 aromatic heterocycles. The highest BCUT2D eigenvalue weighted by Crippen LogP contribution is 2.26. The van der Waals surface area contributed by atoms with Crippen molar-refractivity contribution >= 4 is 32.3 Å². The van der Waals surface area contributed by atoms with E-state index in [1.54, 1.807) is 18.3 Å². The molecule has 0 radical (unpaired) electrons. The number of fused-ring (bicyclic) bond motifs is 1. The molecular formula is C19H18N4O2S. The Hall–Kier alpha value is -3.11. The van der Waals surface area contributed by atoms with Gasteiger partial charge >= 0.3 is 0 Å². The fraction of sp³-hybridized carbons (Fsp3) is 0.158. The predicted octanol–water partition coefficient (Wildman–Crippen LogP) is 3.11. The number of para-hydroxylation sites is 1. The van der Waals surface area contributed by atoms with E-state index in [4.69, 9.17) is 0 Å². The number of hydrogen-bond donors (Lipinski definition) is 1. The molecule has 132 valence electrons. The van der Waals surface area contributed by atoms with Crippen LogP contribution in [0.4, 0.5) is 11.4 Å². The second-order valence-corrected chi connectivity index (χ2v) is 7.94. The number of rotatable bonds is 5. The molecular weight excluding hydrogens is 348 g/mol. The van der Waals surface area contributed by atoms with Crippen LogP contribution in [0.25, 0.3) is 10.9 Å². The molecule has 0 saturated heterocycles. The lowest BCUT2D eigenvalue weighted by molar-refractivity contribution is 0.600.